The lowest BCUT2D eigenvalue weighted by Gasteiger charge is -2.10. The molecule has 0 spiro atoms. The van der Waals surface area contributed by atoms with Crippen LogP contribution in [0.25, 0.3) is 0 Å². The largest absolute Gasteiger partial charge is 0.324 e. The van der Waals surface area contributed by atoms with Crippen molar-refractivity contribution in [2.45, 2.75) is 39.8 Å². The number of aryl methyl sites for hydroxylation is 2. The zero-order valence-corrected chi connectivity index (χ0v) is 12.8. The fourth-order valence-electron chi connectivity index (χ4n) is 2.16. The summed E-state index contributed by atoms with van der Waals surface area (Å²) in [6.07, 6.45) is 0.813. The summed E-state index contributed by atoms with van der Waals surface area (Å²) in [5.74, 6) is -0.147. The summed E-state index contributed by atoms with van der Waals surface area (Å²) in [6.45, 7) is 6.58. The molecule has 1 heterocycles. The fourth-order valence-corrected chi connectivity index (χ4v) is 2.16. The van der Waals surface area contributed by atoms with Gasteiger partial charge in [-0.05, 0) is 44.0 Å². The van der Waals surface area contributed by atoms with Crippen LogP contribution in [-0.2, 0) is 13.0 Å². The van der Waals surface area contributed by atoms with Gasteiger partial charge in [0.25, 0.3) is 5.91 Å². The minimum absolute atomic E-state index is 0.0604. The molecular weight excluding hydrogens is 264 g/mol. The molecule has 1 amide bonds. The summed E-state index contributed by atoms with van der Waals surface area (Å²) in [7, 11) is 0. The lowest BCUT2D eigenvalue weighted by atomic mass is 10.1. The van der Waals surface area contributed by atoms with Crippen molar-refractivity contribution < 1.29 is 4.79 Å². The van der Waals surface area contributed by atoms with E-state index in [-0.39, 0.29) is 11.9 Å². The van der Waals surface area contributed by atoms with Crippen LogP contribution in [-0.4, -0.2) is 15.7 Å². The van der Waals surface area contributed by atoms with Crippen molar-refractivity contribution in [3.63, 3.8) is 0 Å². The van der Waals surface area contributed by atoms with Crippen molar-refractivity contribution in [1.29, 1.82) is 0 Å². The summed E-state index contributed by atoms with van der Waals surface area (Å²) < 4.78 is 1.73. The third-order valence-corrected chi connectivity index (χ3v) is 3.40. The maximum atomic E-state index is 12.4. The van der Waals surface area contributed by atoms with Gasteiger partial charge in [-0.15, -0.1) is 0 Å². The molecule has 0 aliphatic rings. The molecule has 0 aliphatic carbocycles. The van der Waals surface area contributed by atoms with E-state index in [9.17, 15) is 4.79 Å². The van der Waals surface area contributed by atoms with E-state index in [1.54, 1.807) is 4.68 Å². The van der Waals surface area contributed by atoms with E-state index in [0.717, 1.165) is 23.4 Å². The second-order valence-corrected chi connectivity index (χ2v) is 5.06. The van der Waals surface area contributed by atoms with Crippen molar-refractivity contribution in [3.05, 3.63) is 47.3 Å². The zero-order valence-electron chi connectivity index (χ0n) is 12.8. The Hall–Kier alpha value is -2.14. The number of amides is 1. The van der Waals surface area contributed by atoms with Gasteiger partial charge in [0.05, 0.1) is 5.69 Å². The molecule has 1 aromatic carbocycles. The topological polar surface area (TPSA) is 72.9 Å². The van der Waals surface area contributed by atoms with Crippen LogP contribution in [0.2, 0.25) is 0 Å². The molecule has 1 aromatic heterocycles. The molecular formula is C16H22N4O. The van der Waals surface area contributed by atoms with Crippen molar-refractivity contribution in [2.75, 3.05) is 5.32 Å². The van der Waals surface area contributed by atoms with Crippen molar-refractivity contribution >= 4 is 11.6 Å². The molecule has 0 radical (unpaired) electrons. The van der Waals surface area contributed by atoms with Crippen LogP contribution in [0.3, 0.4) is 0 Å². The Labute approximate surface area is 125 Å². The standard InChI is InChI=1S/C16H22N4O/c1-4-13-10-15(20(5-2)19-13)16(21)18-14-8-6-7-12(9-14)11(3)17/h6-11H,4-5,17H2,1-3H3,(H,18,21). The van der Waals surface area contributed by atoms with Gasteiger partial charge in [0.2, 0.25) is 0 Å². The highest BCUT2D eigenvalue weighted by molar-refractivity contribution is 6.03. The molecule has 0 bridgehead atoms. The Kier molecular flexibility index (Phi) is 4.75. The van der Waals surface area contributed by atoms with E-state index in [2.05, 4.69) is 10.4 Å². The van der Waals surface area contributed by atoms with Crippen LogP contribution in [0.15, 0.2) is 30.3 Å². The van der Waals surface area contributed by atoms with Gasteiger partial charge in [0.15, 0.2) is 0 Å². The predicted octanol–water partition coefficient (Wildman–Crippen LogP) is 2.74. The second kappa shape index (κ2) is 6.54. The Morgan fingerprint density at radius 2 is 2.14 bits per heavy atom. The van der Waals surface area contributed by atoms with Crippen LogP contribution in [0, 0.1) is 0 Å². The highest BCUT2D eigenvalue weighted by Gasteiger charge is 2.14. The van der Waals surface area contributed by atoms with Crippen LogP contribution < -0.4 is 11.1 Å². The number of hydrogen-bond donors (Lipinski definition) is 2. The van der Waals surface area contributed by atoms with Gasteiger partial charge < -0.3 is 11.1 Å². The number of benzene rings is 1. The number of nitrogens with two attached hydrogens (primary N) is 1. The number of carbonyl (C=O) groups is 1. The minimum Gasteiger partial charge on any atom is -0.324 e. The molecule has 2 rings (SSSR count). The van der Waals surface area contributed by atoms with E-state index in [1.807, 2.05) is 51.1 Å². The molecule has 0 aliphatic heterocycles. The molecule has 0 fully saturated rings. The van der Waals surface area contributed by atoms with Crippen molar-refractivity contribution in [1.82, 2.24) is 9.78 Å². The maximum absolute atomic E-state index is 12.4. The maximum Gasteiger partial charge on any atom is 0.273 e. The zero-order chi connectivity index (χ0) is 15.4. The third kappa shape index (κ3) is 3.49. The first-order valence-corrected chi connectivity index (χ1v) is 7.28. The van der Waals surface area contributed by atoms with E-state index < -0.39 is 0 Å². The van der Waals surface area contributed by atoms with Crippen molar-refractivity contribution in [3.8, 4) is 0 Å². The fraction of sp³-hybridized carbons (Fsp3) is 0.375. The second-order valence-electron chi connectivity index (χ2n) is 5.06. The van der Waals surface area contributed by atoms with Gasteiger partial charge in [-0.2, -0.15) is 5.10 Å². The Balaban J connectivity index is 2.21. The van der Waals surface area contributed by atoms with Crippen LogP contribution in [0.4, 0.5) is 5.69 Å². The first kappa shape index (κ1) is 15.3. The van der Waals surface area contributed by atoms with E-state index in [4.69, 9.17) is 5.73 Å². The number of carbonyl (C=O) groups excluding carboxylic acids is 1. The van der Waals surface area contributed by atoms with Gasteiger partial charge in [-0.3, -0.25) is 9.48 Å². The normalized spacial score (nSPS) is 12.2. The number of nitrogens with one attached hydrogen (secondary N) is 1. The van der Waals surface area contributed by atoms with Gasteiger partial charge in [-0.1, -0.05) is 19.1 Å². The minimum atomic E-state index is -0.147. The first-order valence-electron chi connectivity index (χ1n) is 7.28. The van der Waals surface area contributed by atoms with Gasteiger partial charge in [0.1, 0.15) is 5.69 Å². The lowest BCUT2D eigenvalue weighted by Crippen LogP contribution is -2.17. The van der Waals surface area contributed by atoms with E-state index in [0.29, 0.717) is 12.2 Å². The van der Waals surface area contributed by atoms with Crippen LogP contribution in [0.1, 0.15) is 48.6 Å². The van der Waals surface area contributed by atoms with E-state index in [1.165, 1.54) is 0 Å². The first-order chi connectivity index (χ1) is 10.0. The van der Waals surface area contributed by atoms with Crippen molar-refractivity contribution in [2.24, 2.45) is 5.73 Å². The summed E-state index contributed by atoms with van der Waals surface area (Å²) in [5, 5.41) is 7.30. The number of rotatable bonds is 5. The molecule has 0 saturated carbocycles. The molecule has 5 heteroatoms. The molecule has 1 unspecified atom stereocenters. The van der Waals surface area contributed by atoms with Gasteiger partial charge >= 0.3 is 0 Å². The predicted molar refractivity (Wildman–Crippen MR) is 84.3 cm³/mol. The summed E-state index contributed by atoms with van der Waals surface area (Å²) >= 11 is 0. The summed E-state index contributed by atoms with van der Waals surface area (Å²) in [5.41, 5.74) is 9.11. The SMILES string of the molecule is CCc1cc(C(=O)Nc2cccc(C(C)N)c2)n(CC)n1. The van der Waals surface area contributed by atoms with Gasteiger partial charge in [-0.25, -0.2) is 0 Å². The molecule has 0 saturated heterocycles. The monoisotopic (exact) mass is 286 g/mol. The molecule has 2 aromatic rings. The van der Waals surface area contributed by atoms with Crippen LogP contribution in [0.5, 0.6) is 0 Å². The number of hydrogen-bond acceptors (Lipinski definition) is 3. The highest BCUT2D eigenvalue weighted by atomic mass is 16.2. The number of anilines is 1. The molecule has 3 N–H and O–H groups in total. The van der Waals surface area contributed by atoms with E-state index >= 15 is 0 Å². The quantitative estimate of drug-likeness (QED) is 0.887. The average Bonchev–Trinajstić information content (AvgIpc) is 2.91. The van der Waals surface area contributed by atoms with Gasteiger partial charge in [0, 0.05) is 18.3 Å². The number of aromatic nitrogens is 2. The Bertz CT molecular complexity index is 631. The lowest BCUT2D eigenvalue weighted by molar-refractivity contribution is 0.101. The summed E-state index contributed by atoms with van der Waals surface area (Å²) in [6, 6.07) is 9.38. The Morgan fingerprint density at radius 3 is 2.76 bits per heavy atom. The molecule has 1 atom stereocenters. The molecule has 5 nitrogen and oxygen atoms in total. The highest BCUT2D eigenvalue weighted by Crippen LogP contribution is 2.17. The molecule has 21 heavy (non-hydrogen) atoms. The smallest absolute Gasteiger partial charge is 0.273 e. The average molecular weight is 286 g/mol. The Morgan fingerprint density at radius 1 is 1.38 bits per heavy atom. The molecule has 112 valence electrons. The van der Waals surface area contributed by atoms with Crippen LogP contribution >= 0.6 is 0 Å². The number of nitrogens with zero attached hydrogens (tertiary/aromatic N) is 2. The summed E-state index contributed by atoms with van der Waals surface area (Å²) in [4.78, 5) is 12.4. The third-order valence-electron chi connectivity index (χ3n) is 3.40.